The Bertz CT molecular complexity index is 910. The van der Waals surface area contributed by atoms with E-state index in [0.29, 0.717) is 22.3 Å². The molecule has 6 nitrogen and oxygen atoms in total. The van der Waals surface area contributed by atoms with E-state index in [2.05, 4.69) is 34.2 Å². The number of nitrogens with one attached hydrogen (secondary N) is 1. The summed E-state index contributed by atoms with van der Waals surface area (Å²) in [7, 11) is 0. The van der Waals surface area contributed by atoms with Gasteiger partial charge >= 0.3 is 0 Å². The minimum Gasteiger partial charge on any atom is -0.353 e. The number of hydrogen-bond donors (Lipinski definition) is 1. The average molecular weight is 373 g/mol. The number of benzene rings is 1. The molecule has 0 radical (unpaired) electrons. The van der Waals surface area contributed by atoms with Gasteiger partial charge in [-0.1, -0.05) is 25.6 Å². The SMILES string of the molecule is CC(C)[C@H](C)NC(=O)CSc1ncnc2c1cnn2-c1ccc(F)cc1. The monoisotopic (exact) mass is 373 g/mol. The van der Waals surface area contributed by atoms with Gasteiger partial charge in [-0.15, -0.1) is 0 Å². The zero-order valence-corrected chi connectivity index (χ0v) is 15.6. The second kappa shape index (κ2) is 7.82. The van der Waals surface area contributed by atoms with Crippen LogP contribution < -0.4 is 5.32 Å². The number of carbonyl (C=O) groups is 1. The highest BCUT2D eigenvalue weighted by atomic mass is 32.2. The quantitative estimate of drug-likeness (QED) is 0.531. The lowest BCUT2D eigenvalue weighted by Crippen LogP contribution is -2.37. The van der Waals surface area contributed by atoms with Crippen LogP contribution in [0.2, 0.25) is 0 Å². The lowest BCUT2D eigenvalue weighted by molar-refractivity contribution is -0.119. The predicted octanol–water partition coefficient (Wildman–Crippen LogP) is 3.21. The molecule has 136 valence electrons. The third-order valence-electron chi connectivity index (χ3n) is 4.13. The first-order chi connectivity index (χ1) is 12.5. The number of nitrogens with zero attached hydrogens (tertiary/aromatic N) is 4. The zero-order valence-electron chi connectivity index (χ0n) is 14.8. The molecule has 1 N–H and O–H groups in total. The molecule has 1 atom stereocenters. The smallest absolute Gasteiger partial charge is 0.230 e. The van der Waals surface area contributed by atoms with Gasteiger partial charge in [0, 0.05) is 6.04 Å². The van der Waals surface area contributed by atoms with Crippen LogP contribution in [0.4, 0.5) is 4.39 Å². The van der Waals surface area contributed by atoms with Crippen molar-refractivity contribution in [1.29, 1.82) is 0 Å². The van der Waals surface area contributed by atoms with Crippen molar-refractivity contribution in [2.45, 2.75) is 31.8 Å². The number of halogens is 1. The number of fused-ring (bicyclic) bond motifs is 1. The molecule has 0 fully saturated rings. The van der Waals surface area contributed by atoms with Crippen molar-refractivity contribution < 1.29 is 9.18 Å². The first-order valence-electron chi connectivity index (χ1n) is 8.32. The first kappa shape index (κ1) is 18.3. The van der Waals surface area contributed by atoms with Crippen LogP contribution in [-0.2, 0) is 4.79 Å². The van der Waals surface area contributed by atoms with Gasteiger partial charge in [-0.2, -0.15) is 5.10 Å². The van der Waals surface area contributed by atoms with E-state index in [1.54, 1.807) is 23.0 Å². The Labute approximate surface area is 155 Å². The molecule has 0 aliphatic rings. The molecule has 3 rings (SSSR count). The molecule has 8 heteroatoms. The highest BCUT2D eigenvalue weighted by molar-refractivity contribution is 8.00. The normalized spacial score (nSPS) is 12.5. The fraction of sp³-hybridized carbons (Fsp3) is 0.333. The predicted molar refractivity (Wildman–Crippen MR) is 99.8 cm³/mol. The highest BCUT2D eigenvalue weighted by Gasteiger charge is 2.15. The second-order valence-corrected chi connectivity index (χ2v) is 7.30. The summed E-state index contributed by atoms with van der Waals surface area (Å²) in [5, 5.41) is 8.75. The number of aromatic nitrogens is 4. The van der Waals surface area contributed by atoms with Crippen molar-refractivity contribution in [3.05, 3.63) is 42.6 Å². The van der Waals surface area contributed by atoms with Crippen LogP contribution in [0.1, 0.15) is 20.8 Å². The van der Waals surface area contributed by atoms with Gasteiger partial charge in [0.15, 0.2) is 5.65 Å². The fourth-order valence-corrected chi connectivity index (χ4v) is 3.08. The lowest BCUT2D eigenvalue weighted by Gasteiger charge is -2.17. The Morgan fingerprint density at radius 3 is 2.65 bits per heavy atom. The molecule has 0 saturated heterocycles. The van der Waals surface area contributed by atoms with Gasteiger partial charge in [-0.3, -0.25) is 4.79 Å². The summed E-state index contributed by atoms with van der Waals surface area (Å²) in [6.07, 6.45) is 3.11. The molecule has 0 spiro atoms. The van der Waals surface area contributed by atoms with Crippen LogP contribution in [0.15, 0.2) is 41.8 Å². The van der Waals surface area contributed by atoms with E-state index in [-0.39, 0.29) is 23.5 Å². The number of carbonyl (C=O) groups excluding carboxylic acids is 1. The van der Waals surface area contributed by atoms with Crippen LogP contribution >= 0.6 is 11.8 Å². The summed E-state index contributed by atoms with van der Waals surface area (Å²) in [6, 6.07) is 6.14. The maximum Gasteiger partial charge on any atom is 0.230 e. The van der Waals surface area contributed by atoms with Crippen LogP contribution in [0.3, 0.4) is 0 Å². The molecule has 1 aromatic carbocycles. The molecule has 0 bridgehead atoms. The maximum atomic E-state index is 13.1. The topological polar surface area (TPSA) is 72.7 Å². The Kier molecular flexibility index (Phi) is 5.51. The molecular weight excluding hydrogens is 353 g/mol. The van der Waals surface area contributed by atoms with Crippen molar-refractivity contribution >= 4 is 28.7 Å². The Balaban J connectivity index is 1.78. The molecule has 2 heterocycles. The van der Waals surface area contributed by atoms with Gasteiger partial charge in [-0.05, 0) is 37.1 Å². The van der Waals surface area contributed by atoms with Gasteiger partial charge in [0.05, 0.1) is 23.0 Å². The summed E-state index contributed by atoms with van der Waals surface area (Å²) in [5.74, 6) is 0.306. The van der Waals surface area contributed by atoms with Crippen LogP contribution in [0.5, 0.6) is 0 Å². The first-order valence-corrected chi connectivity index (χ1v) is 9.31. The Morgan fingerprint density at radius 2 is 1.96 bits per heavy atom. The van der Waals surface area contributed by atoms with Gasteiger partial charge in [0.1, 0.15) is 17.2 Å². The van der Waals surface area contributed by atoms with E-state index in [9.17, 15) is 9.18 Å². The molecule has 0 saturated carbocycles. The summed E-state index contributed by atoms with van der Waals surface area (Å²) in [5.41, 5.74) is 1.32. The summed E-state index contributed by atoms with van der Waals surface area (Å²) in [4.78, 5) is 20.6. The van der Waals surface area contributed by atoms with E-state index in [1.807, 2.05) is 6.92 Å². The van der Waals surface area contributed by atoms with Crippen LogP contribution in [0, 0.1) is 11.7 Å². The van der Waals surface area contributed by atoms with E-state index in [4.69, 9.17) is 0 Å². The third-order valence-corrected chi connectivity index (χ3v) is 5.13. The molecule has 0 unspecified atom stereocenters. The van der Waals surface area contributed by atoms with Gasteiger partial charge in [0.25, 0.3) is 0 Å². The van der Waals surface area contributed by atoms with Gasteiger partial charge in [0.2, 0.25) is 5.91 Å². The molecular formula is C18H20FN5OS. The molecule has 1 amide bonds. The third kappa shape index (κ3) is 4.01. The Morgan fingerprint density at radius 1 is 1.23 bits per heavy atom. The zero-order chi connectivity index (χ0) is 18.7. The van der Waals surface area contributed by atoms with E-state index < -0.39 is 0 Å². The van der Waals surface area contributed by atoms with E-state index in [0.717, 1.165) is 5.39 Å². The van der Waals surface area contributed by atoms with Gasteiger partial charge in [-0.25, -0.2) is 19.0 Å². The number of amides is 1. The largest absolute Gasteiger partial charge is 0.353 e. The van der Waals surface area contributed by atoms with Crippen molar-refractivity contribution in [1.82, 2.24) is 25.1 Å². The molecule has 3 aromatic rings. The van der Waals surface area contributed by atoms with Crippen molar-refractivity contribution in [3.8, 4) is 5.69 Å². The average Bonchev–Trinajstić information content (AvgIpc) is 3.05. The highest BCUT2D eigenvalue weighted by Crippen LogP contribution is 2.25. The lowest BCUT2D eigenvalue weighted by atomic mass is 10.1. The maximum absolute atomic E-state index is 13.1. The van der Waals surface area contributed by atoms with Gasteiger partial charge < -0.3 is 5.32 Å². The molecule has 2 aromatic heterocycles. The number of hydrogen-bond acceptors (Lipinski definition) is 5. The molecule has 0 aliphatic heterocycles. The van der Waals surface area contributed by atoms with E-state index >= 15 is 0 Å². The summed E-state index contributed by atoms with van der Waals surface area (Å²) >= 11 is 1.35. The number of rotatable bonds is 6. The Hall–Kier alpha value is -2.48. The second-order valence-electron chi connectivity index (χ2n) is 6.34. The minimum absolute atomic E-state index is 0.0334. The van der Waals surface area contributed by atoms with Crippen molar-refractivity contribution in [2.24, 2.45) is 5.92 Å². The van der Waals surface area contributed by atoms with Crippen molar-refractivity contribution in [3.63, 3.8) is 0 Å². The summed E-state index contributed by atoms with van der Waals surface area (Å²) in [6.45, 7) is 6.12. The fourth-order valence-electron chi connectivity index (χ4n) is 2.31. The minimum atomic E-state index is -0.308. The van der Waals surface area contributed by atoms with Crippen LogP contribution in [-0.4, -0.2) is 37.5 Å². The van der Waals surface area contributed by atoms with E-state index in [1.165, 1.54) is 30.2 Å². The van der Waals surface area contributed by atoms with Crippen molar-refractivity contribution in [2.75, 3.05) is 5.75 Å². The molecule has 26 heavy (non-hydrogen) atoms. The van der Waals surface area contributed by atoms with Crippen LogP contribution in [0.25, 0.3) is 16.7 Å². The number of thioether (sulfide) groups is 1. The summed E-state index contributed by atoms with van der Waals surface area (Å²) < 4.78 is 14.8. The standard InChI is InChI=1S/C18H20FN5OS/c1-11(2)12(3)23-16(25)9-26-18-15-8-22-24(17(15)20-10-21-18)14-6-4-13(19)5-7-14/h4-8,10-12H,9H2,1-3H3,(H,23,25)/t12-/m0/s1. The molecule has 0 aliphatic carbocycles.